The fourth-order valence-electron chi connectivity index (χ4n) is 2.12. The standard InChI is InChI=1S/C16H19BrN2O/c1-20-16-6-3-12(4-7-16)2-5-15(18)9-13-8-14(17)11-19-10-13/h3-4,6-8,10-11,15H,2,5,9,18H2,1H3. The third kappa shape index (κ3) is 4.62. The fraction of sp³-hybridized carbons (Fsp3) is 0.312. The Labute approximate surface area is 128 Å². The Morgan fingerprint density at radius 3 is 2.60 bits per heavy atom. The van der Waals surface area contributed by atoms with Crippen LogP contribution in [-0.4, -0.2) is 18.1 Å². The van der Waals surface area contributed by atoms with Crippen LogP contribution in [0.3, 0.4) is 0 Å². The number of nitrogens with zero attached hydrogens (tertiary/aromatic N) is 1. The number of ether oxygens (including phenoxy) is 1. The van der Waals surface area contributed by atoms with Crippen LogP contribution in [0.25, 0.3) is 0 Å². The van der Waals surface area contributed by atoms with E-state index in [9.17, 15) is 0 Å². The maximum atomic E-state index is 6.19. The van der Waals surface area contributed by atoms with Gasteiger partial charge in [0.1, 0.15) is 5.75 Å². The Hall–Kier alpha value is -1.39. The number of hydrogen-bond acceptors (Lipinski definition) is 3. The van der Waals surface area contributed by atoms with E-state index in [1.54, 1.807) is 13.3 Å². The summed E-state index contributed by atoms with van der Waals surface area (Å²) in [5.74, 6) is 0.887. The van der Waals surface area contributed by atoms with Crippen LogP contribution in [0.1, 0.15) is 17.5 Å². The number of rotatable bonds is 6. The SMILES string of the molecule is COc1ccc(CCC(N)Cc2cncc(Br)c2)cc1. The molecular weight excluding hydrogens is 316 g/mol. The second-order valence-electron chi connectivity index (χ2n) is 4.86. The van der Waals surface area contributed by atoms with Crippen molar-refractivity contribution >= 4 is 15.9 Å². The number of halogens is 1. The Morgan fingerprint density at radius 2 is 1.95 bits per heavy atom. The molecule has 4 heteroatoms. The first-order chi connectivity index (χ1) is 9.67. The predicted octanol–water partition coefficient (Wildman–Crippen LogP) is 3.36. The zero-order chi connectivity index (χ0) is 14.4. The number of hydrogen-bond donors (Lipinski definition) is 1. The predicted molar refractivity (Wildman–Crippen MR) is 84.9 cm³/mol. The van der Waals surface area contributed by atoms with Crippen molar-refractivity contribution in [3.63, 3.8) is 0 Å². The molecule has 0 saturated heterocycles. The van der Waals surface area contributed by atoms with Crippen molar-refractivity contribution in [3.8, 4) is 5.75 Å². The maximum absolute atomic E-state index is 6.19. The van der Waals surface area contributed by atoms with Crippen LogP contribution in [0, 0.1) is 0 Å². The van der Waals surface area contributed by atoms with E-state index in [-0.39, 0.29) is 6.04 Å². The zero-order valence-corrected chi connectivity index (χ0v) is 13.1. The zero-order valence-electron chi connectivity index (χ0n) is 11.6. The highest BCUT2D eigenvalue weighted by Crippen LogP contribution is 2.15. The number of pyridine rings is 1. The van der Waals surface area contributed by atoms with E-state index in [1.165, 1.54) is 11.1 Å². The fourth-order valence-corrected chi connectivity index (χ4v) is 2.53. The lowest BCUT2D eigenvalue weighted by Gasteiger charge is -2.12. The summed E-state index contributed by atoms with van der Waals surface area (Å²) < 4.78 is 6.15. The molecule has 3 nitrogen and oxygen atoms in total. The molecule has 0 bridgehead atoms. The van der Waals surface area contributed by atoms with Gasteiger partial charge in [0.2, 0.25) is 0 Å². The van der Waals surface area contributed by atoms with E-state index in [2.05, 4.69) is 39.1 Å². The smallest absolute Gasteiger partial charge is 0.118 e. The van der Waals surface area contributed by atoms with Gasteiger partial charge in [-0.3, -0.25) is 4.98 Å². The molecule has 0 saturated carbocycles. The molecule has 1 heterocycles. The second-order valence-corrected chi connectivity index (χ2v) is 5.78. The molecule has 2 aromatic rings. The Kier molecular flexibility index (Phi) is 5.56. The van der Waals surface area contributed by atoms with E-state index < -0.39 is 0 Å². The Balaban J connectivity index is 1.83. The largest absolute Gasteiger partial charge is 0.497 e. The quantitative estimate of drug-likeness (QED) is 0.881. The van der Waals surface area contributed by atoms with E-state index in [0.29, 0.717) is 0 Å². The van der Waals surface area contributed by atoms with Gasteiger partial charge in [0.15, 0.2) is 0 Å². The first-order valence-corrected chi connectivity index (χ1v) is 7.44. The van der Waals surface area contributed by atoms with Crippen LogP contribution in [0.4, 0.5) is 0 Å². The number of methoxy groups -OCH3 is 1. The molecule has 1 aromatic carbocycles. The van der Waals surface area contributed by atoms with E-state index in [4.69, 9.17) is 10.5 Å². The highest BCUT2D eigenvalue weighted by Gasteiger charge is 2.06. The maximum Gasteiger partial charge on any atom is 0.118 e. The van der Waals surface area contributed by atoms with Crippen molar-refractivity contribution in [1.82, 2.24) is 4.98 Å². The summed E-state index contributed by atoms with van der Waals surface area (Å²) in [6.07, 6.45) is 6.44. The molecule has 106 valence electrons. The third-order valence-electron chi connectivity index (χ3n) is 3.22. The van der Waals surface area contributed by atoms with Gasteiger partial charge in [-0.2, -0.15) is 0 Å². The van der Waals surface area contributed by atoms with Gasteiger partial charge >= 0.3 is 0 Å². The van der Waals surface area contributed by atoms with Crippen molar-refractivity contribution in [2.24, 2.45) is 5.73 Å². The van der Waals surface area contributed by atoms with Gasteiger partial charge in [0.05, 0.1) is 7.11 Å². The lowest BCUT2D eigenvalue weighted by molar-refractivity contribution is 0.414. The monoisotopic (exact) mass is 334 g/mol. The molecule has 0 aliphatic rings. The van der Waals surface area contributed by atoms with Crippen LogP contribution in [0.5, 0.6) is 5.75 Å². The van der Waals surface area contributed by atoms with Gasteiger partial charge in [-0.05, 0) is 64.5 Å². The van der Waals surface area contributed by atoms with E-state index >= 15 is 0 Å². The molecule has 2 N–H and O–H groups in total. The first-order valence-electron chi connectivity index (χ1n) is 6.65. The minimum atomic E-state index is 0.146. The van der Waals surface area contributed by atoms with Gasteiger partial charge < -0.3 is 10.5 Å². The highest BCUT2D eigenvalue weighted by atomic mass is 79.9. The van der Waals surface area contributed by atoms with E-state index in [1.807, 2.05) is 18.3 Å². The van der Waals surface area contributed by atoms with Gasteiger partial charge in [-0.25, -0.2) is 0 Å². The summed E-state index contributed by atoms with van der Waals surface area (Å²) in [7, 11) is 1.68. The topological polar surface area (TPSA) is 48.1 Å². The van der Waals surface area contributed by atoms with Crippen LogP contribution >= 0.6 is 15.9 Å². The van der Waals surface area contributed by atoms with Gasteiger partial charge in [0, 0.05) is 22.9 Å². The summed E-state index contributed by atoms with van der Waals surface area (Å²) in [4.78, 5) is 4.16. The van der Waals surface area contributed by atoms with Crippen LogP contribution < -0.4 is 10.5 Å². The lowest BCUT2D eigenvalue weighted by atomic mass is 10.0. The number of nitrogens with two attached hydrogens (primary N) is 1. The van der Waals surface area contributed by atoms with Gasteiger partial charge in [-0.15, -0.1) is 0 Å². The molecule has 0 amide bonds. The van der Waals surface area contributed by atoms with Gasteiger partial charge in [0.25, 0.3) is 0 Å². The minimum absolute atomic E-state index is 0.146. The number of benzene rings is 1. The van der Waals surface area contributed by atoms with Crippen LogP contribution in [0.15, 0.2) is 47.2 Å². The number of aryl methyl sites for hydroxylation is 1. The van der Waals surface area contributed by atoms with Crippen molar-refractivity contribution in [1.29, 1.82) is 0 Å². The Bertz CT molecular complexity index is 542. The van der Waals surface area contributed by atoms with E-state index in [0.717, 1.165) is 29.5 Å². The second kappa shape index (κ2) is 7.41. The highest BCUT2D eigenvalue weighted by molar-refractivity contribution is 9.10. The van der Waals surface area contributed by atoms with Crippen molar-refractivity contribution in [2.75, 3.05) is 7.11 Å². The van der Waals surface area contributed by atoms with Crippen molar-refractivity contribution in [2.45, 2.75) is 25.3 Å². The first kappa shape index (κ1) is 15.0. The summed E-state index contributed by atoms with van der Waals surface area (Å²) in [6.45, 7) is 0. The Morgan fingerprint density at radius 1 is 1.20 bits per heavy atom. The molecule has 1 atom stereocenters. The normalized spacial score (nSPS) is 12.2. The summed E-state index contributed by atoms with van der Waals surface area (Å²) in [5, 5.41) is 0. The summed E-state index contributed by atoms with van der Waals surface area (Å²) >= 11 is 3.43. The number of aromatic nitrogens is 1. The van der Waals surface area contributed by atoms with Crippen molar-refractivity contribution < 1.29 is 4.74 Å². The van der Waals surface area contributed by atoms with Crippen LogP contribution in [0.2, 0.25) is 0 Å². The molecule has 1 unspecified atom stereocenters. The average molecular weight is 335 g/mol. The summed E-state index contributed by atoms with van der Waals surface area (Å²) in [6, 6.07) is 10.4. The minimum Gasteiger partial charge on any atom is -0.497 e. The van der Waals surface area contributed by atoms with Crippen LogP contribution in [-0.2, 0) is 12.8 Å². The third-order valence-corrected chi connectivity index (χ3v) is 3.66. The molecule has 20 heavy (non-hydrogen) atoms. The molecule has 0 aliphatic carbocycles. The average Bonchev–Trinajstić information content (AvgIpc) is 2.46. The lowest BCUT2D eigenvalue weighted by Crippen LogP contribution is -2.23. The van der Waals surface area contributed by atoms with Crippen molar-refractivity contribution in [3.05, 3.63) is 58.3 Å². The van der Waals surface area contributed by atoms with Gasteiger partial charge in [-0.1, -0.05) is 12.1 Å². The molecular formula is C16H19BrN2O. The molecule has 1 aromatic heterocycles. The molecule has 0 fully saturated rings. The molecule has 2 rings (SSSR count). The molecule has 0 radical (unpaired) electrons. The molecule has 0 aliphatic heterocycles. The molecule has 0 spiro atoms. The summed E-state index contributed by atoms with van der Waals surface area (Å²) in [5.41, 5.74) is 8.65.